The SMILES string of the molecule is CNC(=O)CCSC1(C)C=CC(C(C)C)CC1. The lowest BCUT2D eigenvalue weighted by molar-refractivity contribution is -0.120. The molecule has 0 aromatic carbocycles. The molecule has 1 rings (SSSR count). The van der Waals surface area contributed by atoms with E-state index in [1.54, 1.807) is 7.05 Å². The van der Waals surface area contributed by atoms with E-state index in [1.807, 2.05) is 11.8 Å². The van der Waals surface area contributed by atoms with Gasteiger partial charge in [-0.15, -0.1) is 0 Å². The van der Waals surface area contributed by atoms with Gasteiger partial charge in [0.05, 0.1) is 0 Å². The second-order valence-corrected chi connectivity index (χ2v) is 7.02. The predicted octanol–water partition coefficient (Wildman–Crippen LogP) is 3.24. The Kier molecular flexibility index (Phi) is 5.57. The highest BCUT2D eigenvalue weighted by molar-refractivity contribution is 8.00. The van der Waals surface area contributed by atoms with Crippen molar-refractivity contribution < 1.29 is 4.79 Å². The Bertz CT molecular complexity index is 288. The molecule has 1 N–H and O–H groups in total. The Morgan fingerprint density at radius 2 is 2.29 bits per heavy atom. The van der Waals surface area contributed by atoms with Gasteiger partial charge in [-0.05, 0) is 31.6 Å². The normalized spacial score (nSPS) is 28.4. The predicted molar refractivity (Wildman–Crippen MR) is 76.2 cm³/mol. The summed E-state index contributed by atoms with van der Waals surface area (Å²) >= 11 is 1.91. The molecule has 1 aliphatic rings. The van der Waals surface area contributed by atoms with Gasteiger partial charge >= 0.3 is 0 Å². The van der Waals surface area contributed by atoms with Crippen LogP contribution in [0.25, 0.3) is 0 Å². The second-order valence-electron chi connectivity index (χ2n) is 5.39. The van der Waals surface area contributed by atoms with Crippen molar-refractivity contribution in [3.8, 4) is 0 Å². The van der Waals surface area contributed by atoms with Crippen molar-refractivity contribution in [2.24, 2.45) is 11.8 Å². The summed E-state index contributed by atoms with van der Waals surface area (Å²) in [6, 6.07) is 0. The van der Waals surface area contributed by atoms with Gasteiger partial charge in [0.1, 0.15) is 0 Å². The first-order valence-corrected chi connectivity index (χ1v) is 7.49. The molecule has 3 heteroatoms. The zero-order valence-electron chi connectivity index (χ0n) is 11.5. The number of hydrogen-bond donors (Lipinski definition) is 1. The van der Waals surface area contributed by atoms with Crippen LogP contribution >= 0.6 is 11.8 Å². The van der Waals surface area contributed by atoms with Crippen LogP contribution in [0, 0.1) is 11.8 Å². The summed E-state index contributed by atoms with van der Waals surface area (Å²) < 4.78 is 0.236. The van der Waals surface area contributed by atoms with Gasteiger partial charge in [-0.1, -0.05) is 26.0 Å². The quantitative estimate of drug-likeness (QED) is 0.764. The van der Waals surface area contributed by atoms with Gasteiger partial charge in [0, 0.05) is 24.0 Å². The van der Waals surface area contributed by atoms with Crippen molar-refractivity contribution in [3.63, 3.8) is 0 Å². The lowest BCUT2D eigenvalue weighted by atomic mass is 9.83. The molecular formula is C14H25NOS. The number of amides is 1. The third-order valence-corrected chi connectivity index (χ3v) is 4.97. The van der Waals surface area contributed by atoms with E-state index in [0.29, 0.717) is 6.42 Å². The molecule has 0 heterocycles. The third-order valence-electron chi connectivity index (χ3n) is 3.57. The molecule has 1 aliphatic carbocycles. The van der Waals surface area contributed by atoms with E-state index < -0.39 is 0 Å². The van der Waals surface area contributed by atoms with Crippen molar-refractivity contribution in [3.05, 3.63) is 12.2 Å². The Morgan fingerprint density at radius 1 is 1.59 bits per heavy atom. The molecule has 2 atom stereocenters. The van der Waals surface area contributed by atoms with Crippen LogP contribution in [0.3, 0.4) is 0 Å². The van der Waals surface area contributed by atoms with Gasteiger partial charge in [0.15, 0.2) is 0 Å². The molecule has 0 bridgehead atoms. The highest BCUT2D eigenvalue weighted by Crippen LogP contribution is 2.39. The minimum Gasteiger partial charge on any atom is -0.359 e. The van der Waals surface area contributed by atoms with Crippen molar-refractivity contribution in [2.45, 2.75) is 44.8 Å². The van der Waals surface area contributed by atoms with Crippen LogP contribution < -0.4 is 5.32 Å². The lowest BCUT2D eigenvalue weighted by Gasteiger charge is -2.33. The van der Waals surface area contributed by atoms with E-state index in [1.165, 1.54) is 12.8 Å². The average Bonchev–Trinajstić information content (AvgIpc) is 2.29. The van der Waals surface area contributed by atoms with Crippen molar-refractivity contribution >= 4 is 17.7 Å². The maximum atomic E-state index is 11.2. The molecule has 17 heavy (non-hydrogen) atoms. The monoisotopic (exact) mass is 255 g/mol. The topological polar surface area (TPSA) is 29.1 Å². The summed E-state index contributed by atoms with van der Waals surface area (Å²) in [5, 5.41) is 2.67. The molecule has 0 aromatic heterocycles. The molecule has 0 saturated carbocycles. The van der Waals surface area contributed by atoms with Crippen LogP contribution in [-0.4, -0.2) is 23.5 Å². The lowest BCUT2D eigenvalue weighted by Crippen LogP contribution is -2.26. The van der Waals surface area contributed by atoms with Crippen LogP contribution in [0.15, 0.2) is 12.2 Å². The minimum absolute atomic E-state index is 0.140. The smallest absolute Gasteiger partial charge is 0.220 e. The summed E-state index contributed by atoms with van der Waals surface area (Å²) in [5.74, 6) is 2.53. The summed E-state index contributed by atoms with van der Waals surface area (Å²) in [7, 11) is 1.70. The molecule has 2 unspecified atom stereocenters. The fourth-order valence-corrected chi connectivity index (χ4v) is 3.33. The summed E-state index contributed by atoms with van der Waals surface area (Å²) in [5.41, 5.74) is 0. The summed E-state index contributed by atoms with van der Waals surface area (Å²) in [6.45, 7) is 6.86. The van der Waals surface area contributed by atoms with Crippen molar-refractivity contribution in [2.75, 3.05) is 12.8 Å². The average molecular weight is 255 g/mol. The van der Waals surface area contributed by atoms with E-state index >= 15 is 0 Å². The number of rotatable bonds is 5. The number of carbonyl (C=O) groups is 1. The van der Waals surface area contributed by atoms with Crippen molar-refractivity contribution in [1.29, 1.82) is 0 Å². The third kappa shape index (κ3) is 4.74. The molecule has 98 valence electrons. The fourth-order valence-electron chi connectivity index (χ4n) is 2.14. The summed E-state index contributed by atoms with van der Waals surface area (Å²) in [6.07, 6.45) is 7.86. The summed E-state index contributed by atoms with van der Waals surface area (Å²) in [4.78, 5) is 11.2. The Hall–Kier alpha value is -0.440. The number of carbonyl (C=O) groups excluding carboxylic acids is 1. The highest BCUT2D eigenvalue weighted by atomic mass is 32.2. The van der Waals surface area contributed by atoms with Crippen LogP contribution in [0.1, 0.15) is 40.0 Å². The molecule has 0 aliphatic heterocycles. The van der Waals surface area contributed by atoms with Gasteiger partial charge in [-0.25, -0.2) is 0 Å². The molecule has 0 spiro atoms. The fraction of sp³-hybridized carbons (Fsp3) is 0.786. The van der Waals surface area contributed by atoms with Gasteiger partial charge in [0.25, 0.3) is 0 Å². The first-order valence-electron chi connectivity index (χ1n) is 6.51. The molecule has 0 fully saturated rings. The molecule has 0 radical (unpaired) electrons. The molecule has 2 nitrogen and oxygen atoms in total. The van der Waals surface area contributed by atoms with Gasteiger partial charge in [-0.2, -0.15) is 11.8 Å². The van der Waals surface area contributed by atoms with Crippen molar-refractivity contribution in [1.82, 2.24) is 5.32 Å². The first kappa shape index (κ1) is 14.6. The Labute approximate surface area is 110 Å². The Balaban J connectivity index is 2.38. The van der Waals surface area contributed by atoms with Crippen LogP contribution in [-0.2, 0) is 4.79 Å². The second kappa shape index (κ2) is 6.48. The van der Waals surface area contributed by atoms with Gasteiger partial charge in [-0.3, -0.25) is 4.79 Å². The maximum absolute atomic E-state index is 11.2. The Morgan fingerprint density at radius 3 is 2.76 bits per heavy atom. The molecule has 1 amide bonds. The standard InChI is InChI=1S/C14H25NOS/c1-11(2)12-5-8-14(3,9-6-12)17-10-7-13(16)15-4/h5,8,11-12H,6-7,9-10H2,1-4H3,(H,15,16). The zero-order valence-corrected chi connectivity index (χ0v) is 12.3. The van der Waals surface area contributed by atoms with Gasteiger partial charge in [0.2, 0.25) is 5.91 Å². The molecule has 0 aromatic rings. The number of allylic oxidation sites excluding steroid dienone is 1. The number of thioether (sulfide) groups is 1. The largest absolute Gasteiger partial charge is 0.359 e. The van der Waals surface area contributed by atoms with Gasteiger partial charge < -0.3 is 5.32 Å². The van der Waals surface area contributed by atoms with E-state index in [0.717, 1.165) is 17.6 Å². The zero-order chi connectivity index (χ0) is 12.9. The molecule has 0 saturated heterocycles. The minimum atomic E-state index is 0.140. The van der Waals surface area contributed by atoms with E-state index in [9.17, 15) is 4.79 Å². The number of hydrogen-bond acceptors (Lipinski definition) is 2. The highest BCUT2D eigenvalue weighted by Gasteiger charge is 2.27. The first-order chi connectivity index (χ1) is 7.97. The van der Waals surface area contributed by atoms with E-state index in [-0.39, 0.29) is 10.7 Å². The van der Waals surface area contributed by atoms with Crippen LogP contribution in [0.5, 0.6) is 0 Å². The van der Waals surface area contributed by atoms with Crippen LogP contribution in [0.4, 0.5) is 0 Å². The maximum Gasteiger partial charge on any atom is 0.220 e. The van der Waals surface area contributed by atoms with E-state index in [4.69, 9.17) is 0 Å². The molecular weight excluding hydrogens is 230 g/mol. The number of nitrogens with one attached hydrogen (secondary N) is 1. The van der Waals surface area contributed by atoms with E-state index in [2.05, 4.69) is 38.2 Å². The van der Waals surface area contributed by atoms with Crippen LogP contribution in [0.2, 0.25) is 0 Å².